The third kappa shape index (κ3) is 1.52. The number of pyridine rings is 1. The van der Waals surface area contributed by atoms with E-state index in [1.165, 1.54) is 7.11 Å². The number of carbonyl (C=O) groups excluding carboxylic acids is 1. The van der Waals surface area contributed by atoms with Gasteiger partial charge in [-0.1, -0.05) is 12.2 Å². The minimum atomic E-state index is -0.387. The largest absolute Gasteiger partial charge is 0.465 e. The van der Waals surface area contributed by atoms with Crippen LogP contribution in [0, 0.1) is 0 Å². The van der Waals surface area contributed by atoms with E-state index in [4.69, 9.17) is 4.74 Å². The lowest BCUT2D eigenvalue weighted by Crippen LogP contribution is -2.07. The highest BCUT2D eigenvalue weighted by Crippen LogP contribution is 2.32. The molecule has 0 saturated carbocycles. The van der Waals surface area contributed by atoms with Gasteiger partial charge in [0.1, 0.15) is 0 Å². The fourth-order valence-corrected chi connectivity index (χ4v) is 2.16. The highest BCUT2D eigenvalue weighted by molar-refractivity contribution is 5.99. The van der Waals surface area contributed by atoms with Gasteiger partial charge in [-0.3, -0.25) is 10.1 Å². The summed E-state index contributed by atoms with van der Waals surface area (Å²) in [4.78, 5) is 16.1. The summed E-state index contributed by atoms with van der Waals surface area (Å²) in [5.41, 5.74) is 4.09. The second-order valence-electron chi connectivity index (χ2n) is 3.99. The first-order valence-corrected chi connectivity index (χ1v) is 5.57. The number of allylic oxidation sites excluding steroid dienone is 1. The maximum atomic E-state index is 11.8. The number of methoxy groups -OCH3 is 1. The van der Waals surface area contributed by atoms with Crippen LogP contribution in [0.1, 0.15) is 23.0 Å². The molecule has 0 spiro atoms. The Kier molecular flexibility index (Phi) is 2.44. The van der Waals surface area contributed by atoms with Crippen LogP contribution in [0.2, 0.25) is 0 Å². The number of hydrogen-bond acceptors (Lipinski definition) is 4. The van der Waals surface area contributed by atoms with Crippen molar-refractivity contribution in [3.63, 3.8) is 0 Å². The second kappa shape index (κ2) is 4.10. The van der Waals surface area contributed by atoms with Gasteiger partial charge in [0.15, 0.2) is 0 Å². The first-order valence-electron chi connectivity index (χ1n) is 5.57. The Hall–Kier alpha value is -2.43. The summed E-state index contributed by atoms with van der Waals surface area (Å²) in [6, 6.07) is 0. The summed E-state index contributed by atoms with van der Waals surface area (Å²) >= 11 is 0. The number of ether oxygens (including phenoxy) is 1. The van der Waals surface area contributed by atoms with Crippen molar-refractivity contribution in [2.24, 2.45) is 0 Å². The molecule has 0 bridgehead atoms. The van der Waals surface area contributed by atoms with E-state index in [0.29, 0.717) is 5.56 Å². The molecular formula is C13H13N3O2. The summed E-state index contributed by atoms with van der Waals surface area (Å²) in [7, 11) is 1.37. The molecule has 0 saturated heterocycles. The van der Waals surface area contributed by atoms with Crippen molar-refractivity contribution in [3.8, 4) is 11.1 Å². The van der Waals surface area contributed by atoms with Crippen LogP contribution in [0.5, 0.6) is 0 Å². The number of rotatable bonds is 2. The molecule has 0 aliphatic heterocycles. The molecule has 0 unspecified atom stereocenters. The molecule has 0 aromatic carbocycles. The van der Waals surface area contributed by atoms with E-state index in [-0.39, 0.29) is 7.40 Å². The van der Waals surface area contributed by atoms with Crippen LogP contribution in [-0.2, 0) is 11.2 Å². The van der Waals surface area contributed by atoms with Crippen molar-refractivity contribution < 1.29 is 11.0 Å². The molecule has 18 heavy (non-hydrogen) atoms. The Bertz CT molecular complexity index is 636. The molecule has 92 valence electrons. The molecule has 2 aromatic rings. The van der Waals surface area contributed by atoms with E-state index in [9.17, 15) is 4.79 Å². The van der Waals surface area contributed by atoms with Gasteiger partial charge < -0.3 is 4.74 Å². The predicted molar refractivity (Wildman–Crippen MR) is 68.0 cm³/mol. The summed E-state index contributed by atoms with van der Waals surface area (Å²) in [6.07, 6.45) is 9.82. The number of aromatic amines is 1. The molecule has 0 radical (unpaired) electrons. The SMILES string of the molecule is COC(=O)c1cnc2c(c1-c1cn[nH]c1)C=CC2.[HH]. The number of aromatic nitrogens is 3. The van der Waals surface area contributed by atoms with Crippen LogP contribution in [-0.4, -0.2) is 28.3 Å². The van der Waals surface area contributed by atoms with E-state index >= 15 is 0 Å². The van der Waals surface area contributed by atoms with Crippen molar-refractivity contribution in [3.05, 3.63) is 41.5 Å². The van der Waals surface area contributed by atoms with Crippen molar-refractivity contribution in [2.45, 2.75) is 6.42 Å². The summed E-state index contributed by atoms with van der Waals surface area (Å²) in [5.74, 6) is -0.387. The van der Waals surface area contributed by atoms with Gasteiger partial charge in [-0.05, 0) is 0 Å². The molecule has 0 amide bonds. The Morgan fingerprint density at radius 3 is 3.11 bits per heavy atom. The Balaban J connectivity index is 0.00000133. The first-order chi connectivity index (χ1) is 8.81. The van der Waals surface area contributed by atoms with Gasteiger partial charge in [0.25, 0.3) is 0 Å². The van der Waals surface area contributed by atoms with Gasteiger partial charge in [-0.15, -0.1) is 0 Å². The minimum Gasteiger partial charge on any atom is -0.465 e. The summed E-state index contributed by atoms with van der Waals surface area (Å²) in [6.45, 7) is 0. The average molecular weight is 243 g/mol. The lowest BCUT2D eigenvalue weighted by molar-refractivity contribution is 0.0601. The highest BCUT2D eigenvalue weighted by Gasteiger charge is 2.21. The van der Waals surface area contributed by atoms with Crippen molar-refractivity contribution in [1.82, 2.24) is 15.2 Å². The zero-order chi connectivity index (χ0) is 12.5. The fraction of sp³-hybridized carbons (Fsp3) is 0.154. The lowest BCUT2D eigenvalue weighted by atomic mass is 9.98. The summed E-state index contributed by atoms with van der Waals surface area (Å²) < 4.78 is 4.80. The van der Waals surface area contributed by atoms with E-state index in [1.54, 1.807) is 18.6 Å². The zero-order valence-corrected chi connectivity index (χ0v) is 9.80. The van der Waals surface area contributed by atoms with Crippen LogP contribution in [0.15, 0.2) is 24.7 Å². The third-order valence-corrected chi connectivity index (χ3v) is 2.99. The van der Waals surface area contributed by atoms with Crippen LogP contribution >= 0.6 is 0 Å². The fourth-order valence-electron chi connectivity index (χ4n) is 2.16. The molecule has 0 fully saturated rings. The van der Waals surface area contributed by atoms with Crippen molar-refractivity contribution in [2.75, 3.05) is 7.11 Å². The Labute approximate surface area is 105 Å². The van der Waals surface area contributed by atoms with Crippen LogP contribution in [0.4, 0.5) is 0 Å². The number of fused-ring (bicyclic) bond motifs is 1. The topological polar surface area (TPSA) is 67.9 Å². The van der Waals surface area contributed by atoms with E-state index in [1.807, 2.05) is 12.2 Å². The standard InChI is InChI=1S/C13H11N3O2.H2/c1-18-13(17)10-7-14-11-4-2-3-9(11)12(10)8-5-15-16-6-8;/h2-3,5-7H,4H2,1H3,(H,15,16);1H. The molecule has 2 heterocycles. The van der Waals surface area contributed by atoms with Gasteiger partial charge in [0.2, 0.25) is 0 Å². The number of esters is 1. The number of hydrogen-bond donors (Lipinski definition) is 1. The molecule has 2 aromatic heterocycles. The molecule has 0 atom stereocenters. The Morgan fingerprint density at radius 1 is 1.50 bits per heavy atom. The smallest absolute Gasteiger partial charge is 0.340 e. The van der Waals surface area contributed by atoms with Crippen molar-refractivity contribution >= 4 is 12.0 Å². The first kappa shape index (κ1) is 10.7. The number of nitrogens with zero attached hydrogens (tertiary/aromatic N) is 2. The van der Waals surface area contributed by atoms with Gasteiger partial charge in [-0.2, -0.15) is 5.10 Å². The highest BCUT2D eigenvalue weighted by atomic mass is 16.5. The van der Waals surface area contributed by atoms with Crippen LogP contribution in [0.25, 0.3) is 17.2 Å². The maximum absolute atomic E-state index is 11.8. The molecule has 5 nitrogen and oxygen atoms in total. The van der Waals surface area contributed by atoms with E-state index in [0.717, 1.165) is 28.8 Å². The molecule has 1 aliphatic carbocycles. The average Bonchev–Trinajstić information content (AvgIpc) is 3.07. The normalized spacial score (nSPS) is 12.5. The van der Waals surface area contributed by atoms with Gasteiger partial charge in [0.05, 0.1) is 24.6 Å². The number of H-pyrrole nitrogens is 1. The Morgan fingerprint density at radius 2 is 2.39 bits per heavy atom. The molecule has 1 aliphatic rings. The number of nitrogens with one attached hydrogen (secondary N) is 1. The molecule has 1 N–H and O–H groups in total. The minimum absolute atomic E-state index is 0. The van der Waals surface area contributed by atoms with Gasteiger partial charge in [0, 0.05) is 36.9 Å². The number of carbonyl (C=O) groups is 1. The third-order valence-electron chi connectivity index (χ3n) is 2.99. The van der Waals surface area contributed by atoms with Gasteiger partial charge >= 0.3 is 5.97 Å². The predicted octanol–water partition coefficient (Wildman–Crippen LogP) is 2.07. The summed E-state index contributed by atoms with van der Waals surface area (Å²) in [5, 5.41) is 6.69. The van der Waals surface area contributed by atoms with Crippen LogP contribution < -0.4 is 0 Å². The molecular weight excluding hydrogens is 230 g/mol. The van der Waals surface area contributed by atoms with Crippen LogP contribution in [0.3, 0.4) is 0 Å². The monoisotopic (exact) mass is 243 g/mol. The van der Waals surface area contributed by atoms with Crippen molar-refractivity contribution in [1.29, 1.82) is 0 Å². The van der Waals surface area contributed by atoms with E-state index < -0.39 is 0 Å². The quantitative estimate of drug-likeness (QED) is 0.820. The second-order valence-corrected chi connectivity index (χ2v) is 3.99. The lowest BCUT2D eigenvalue weighted by Gasteiger charge is -2.10. The molecule has 5 heteroatoms. The van der Waals surface area contributed by atoms with Gasteiger partial charge in [-0.25, -0.2) is 4.79 Å². The zero-order valence-electron chi connectivity index (χ0n) is 9.80. The molecule has 3 rings (SSSR count). The maximum Gasteiger partial charge on any atom is 0.340 e. The van der Waals surface area contributed by atoms with E-state index in [2.05, 4.69) is 15.2 Å².